The van der Waals surface area contributed by atoms with E-state index >= 15 is 4.39 Å². The van der Waals surface area contributed by atoms with Gasteiger partial charge in [0, 0.05) is 47.3 Å². The van der Waals surface area contributed by atoms with E-state index in [1.54, 1.807) is 36.5 Å². The lowest BCUT2D eigenvalue weighted by Crippen LogP contribution is -2.52. The Bertz CT molecular complexity index is 1400. The number of halogens is 1. The van der Waals surface area contributed by atoms with E-state index in [1.165, 1.54) is 12.1 Å². The molecule has 8 heteroatoms. The van der Waals surface area contributed by atoms with Crippen LogP contribution in [0.1, 0.15) is 0 Å². The number of likely N-dealkylation sites (tertiary alicyclic amines) is 1. The van der Waals surface area contributed by atoms with E-state index in [-0.39, 0.29) is 5.91 Å². The maximum atomic E-state index is 15.0. The van der Waals surface area contributed by atoms with Crippen LogP contribution >= 0.6 is 0 Å². The van der Waals surface area contributed by atoms with Crippen molar-refractivity contribution in [1.29, 1.82) is 0 Å². The van der Waals surface area contributed by atoms with Crippen molar-refractivity contribution in [3.8, 4) is 11.1 Å². The van der Waals surface area contributed by atoms with Crippen molar-refractivity contribution in [3.63, 3.8) is 0 Å². The minimum Gasteiger partial charge on any atom is -0.380 e. The van der Waals surface area contributed by atoms with Crippen molar-refractivity contribution in [3.05, 3.63) is 85.3 Å². The number of likely N-dealkylation sites (N-methyl/N-ethyl adjacent to an activating group) is 1. The maximum absolute atomic E-state index is 15.0. The molecule has 3 N–H and O–H groups in total. The van der Waals surface area contributed by atoms with Gasteiger partial charge >= 0.3 is 0 Å². The number of fused-ring (bicyclic) bond motifs is 1. The summed E-state index contributed by atoms with van der Waals surface area (Å²) in [6, 6.07) is 18.4. The van der Waals surface area contributed by atoms with Gasteiger partial charge < -0.3 is 20.9 Å². The Hall–Kier alpha value is -4.30. The van der Waals surface area contributed by atoms with Crippen LogP contribution < -0.4 is 16.0 Å². The molecular formula is C27H25FN6O. The van der Waals surface area contributed by atoms with Crippen molar-refractivity contribution < 1.29 is 9.18 Å². The number of hydrogen-bond donors (Lipinski definition) is 3. The van der Waals surface area contributed by atoms with Crippen molar-refractivity contribution in [2.75, 3.05) is 36.1 Å². The SMILES string of the molecule is C=CC(=O)Nc1cccc(-c2c(F)ccc3cnc(Nc4ccc(NC5CN(C)C5)cc4)nc23)c1. The number of rotatable bonds is 7. The molecule has 1 aliphatic rings. The van der Waals surface area contributed by atoms with Gasteiger partial charge in [0.05, 0.1) is 11.6 Å². The van der Waals surface area contributed by atoms with Crippen molar-refractivity contribution >= 4 is 39.8 Å². The molecule has 0 saturated carbocycles. The van der Waals surface area contributed by atoms with Gasteiger partial charge in [-0.25, -0.2) is 14.4 Å². The molecule has 0 spiro atoms. The van der Waals surface area contributed by atoms with E-state index in [9.17, 15) is 4.79 Å². The number of carbonyl (C=O) groups excluding carboxylic acids is 1. The normalized spacial score (nSPS) is 13.8. The molecule has 1 saturated heterocycles. The third-order valence-corrected chi connectivity index (χ3v) is 5.88. The zero-order valence-electron chi connectivity index (χ0n) is 19.3. The average Bonchev–Trinajstić information content (AvgIpc) is 2.84. The summed E-state index contributed by atoms with van der Waals surface area (Å²) < 4.78 is 15.0. The van der Waals surface area contributed by atoms with Crippen LogP contribution in [0.4, 0.5) is 27.4 Å². The molecule has 2 heterocycles. The summed E-state index contributed by atoms with van der Waals surface area (Å²) in [5.74, 6) is -0.385. The van der Waals surface area contributed by atoms with Gasteiger partial charge in [0.25, 0.3) is 0 Å². The summed E-state index contributed by atoms with van der Waals surface area (Å²) in [6.07, 6.45) is 2.85. The number of benzene rings is 3. The molecule has 3 aromatic carbocycles. The summed E-state index contributed by atoms with van der Waals surface area (Å²) in [5.41, 5.74) is 3.83. The largest absolute Gasteiger partial charge is 0.380 e. The summed E-state index contributed by atoms with van der Waals surface area (Å²) in [4.78, 5) is 23.0. The Morgan fingerprint density at radius 3 is 2.60 bits per heavy atom. The smallest absolute Gasteiger partial charge is 0.247 e. The quantitative estimate of drug-likeness (QED) is 0.330. The fourth-order valence-electron chi connectivity index (χ4n) is 4.16. The number of aromatic nitrogens is 2. The monoisotopic (exact) mass is 468 g/mol. The van der Waals surface area contributed by atoms with E-state index in [0.29, 0.717) is 39.7 Å². The molecule has 176 valence electrons. The van der Waals surface area contributed by atoms with E-state index in [0.717, 1.165) is 24.5 Å². The summed E-state index contributed by atoms with van der Waals surface area (Å²) in [5, 5.41) is 10.1. The van der Waals surface area contributed by atoms with Crippen LogP contribution in [0, 0.1) is 5.82 Å². The highest BCUT2D eigenvalue weighted by molar-refractivity contribution is 6.00. The molecule has 1 fully saturated rings. The third-order valence-electron chi connectivity index (χ3n) is 5.88. The van der Waals surface area contributed by atoms with Crippen molar-refractivity contribution in [2.45, 2.75) is 6.04 Å². The number of anilines is 4. The lowest BCUT2D eigenvalue weighted by Gasteiger charge is -2.37. The first-order valence-corrected chi connectivity index (χ1v) is 11.3. The number of amides is 1. The zero-order chi connectivity index (χ0) is 24.4. The van der Waals surface area contributed by atoms with Crippen LogP contribution in [0.25, 0.3) is 22.0 Å². The highest BCUT2D eigenvalue weighted by Gasteiger charge is 2.22. The molecule has 0 radical (unpaired) electrons. The Kier molecular flexibility index (Phi) is 6.12. The highest BCUT2D eigenvalue weighted by Crippen LogP contribution is 2.32. The third kappa shape index (κ3) is 4.97. The molecule has 0 aliphatic carbocycles. The Morgan fingerprint density at radius 1 is 1.09 bits per heavy atom. The molecule has 7 nitrogen and oxygen atoms in total. The van der Waals surface area contributed by atoms with Gasteiger partial charge in [-0.3, -0.25) is 4.79 Å². The Balaban J connectivity index is 1.42. The molecular weight excluding hydrogens is 443 g/mol. The first kappa shape index (κ1) is 22.5. The van der Waals surface area contributed by atoms with E-state index in [2.05, 4.69) is 44.4 Å². The molecule has 1 aliphatic heterocycles. The second-order valence-corrected chi connectivity index (χ2v) is 8.59. The molecule has 0 unspecified atom stereocenters. The van der Waals surface area contributed by atoms with E-state index < -0.39 is 5.82 Å². The van der Waals surface area contributed by atoms with Gasteiger partial charge in [0.2, 0.25) is 11.9 Å². The number of carbonyl (C=O) groups is 1. The van der Waals surface area contributed by atoms with Gasteiger partial charge in [0.1, 0.15) is 5.82 Å². The minimum atomic E-state index is -0.411. The van der Waals surface area contributed by atoms with Crippen molar-refractivity contribution in [2.24, 2.45) is 0 Å². The fourth-order valence-corrected chi connectivity index (χ4v) is 4.16. The predicted molar refractivity (Wildman–Crippen MR) is 138 cm³/mol. The number of nitrogens with zero attached hydrogens (tertiary/aromatic N) is 3. The van der Waals surface area contributed by atoms with Gasteiger partial charge in [0.15, 0.2) is 0 Å². The second kappa shape index (κ2) is 9.52. The van der Waals surface area contributed by atoms with Crippen molar-refractivity contribution in [1.82, 2.24) is 14.9 Å². The predicted octanol–water partition coefficient (Wildman–Crippen LogP) is 5.03. The highest BCUT2D eigenvalue weighted by atomic mass is 19.1. The molecule has 5 rings (SSSR count). The van der Waals surface area contributed by atoms with E-state index in [4.69, 9.17) is 0 Å². The minimum absolute atomic E-state index is 0.337. The summed E-state index contributed by atoms with van der Waals surface area (Å²) in [7, 11) is 2.10. The van der Waals surface area contributed by atoms with Crippen LogP contribution in [0.5, 0.6) is 0 Å². The average molecular weight is 469 g/mol. The number of nitrogens with one attached hydrogen (secondary N) is 3. The molecule has 1 amide bonds. The Labute approximate surface area is 202 Å². The second-order valence-electron chi connectivity index (χ2n) is 8.59. The first-order chi connectivity index (χ1) is 17.0. The van der Waals surface area contributed by atoms with Gasteiger partial charge in [-0.15, -0.1) is 0 Å². The van der Waals surface area contributed by atoms with E-state index in [1.807, 2.05) is 24.3 Å². The summed E-state index contributed by atoms with van der Waals surface area (Å²) >= 11 is 0. The fraction of sp³-hybridized carbons (Fsp3) is 0.148. The molecule has 1 aromatic heterocycles. The van der Waals surface area contributed by atoms with Crippen LogP contribution in [0.15, 0.2) is 79.5 Å². The van der Waals surface area contributed by atoms with Gasteiger partial charge in [-0.2, -0.15) is 0 Å². The van der Waals surface area contributed by atoms with Crippen LogP contribution in [-0.2, 0) is 4.79 Å². The molecule has 35 heavy (non-hydrogen) atoms. The Morgan fingerprint density at radius 2 is 1.86 bits per heavy atom. The zero-order valence-corrected chi connectivity index (χ0v) is 19.3. The van der Waals surface area contributed by atoms with Crippen LogP contribution in [-0.4, -0.2) is 47.0 Å². The lowest BCUT2D eigenvalue weighted by atomic mass is 10.0. The molecule has 0 atom stereocenters. The van der Waals surface area contributed by atoms with Crippen LogP contribution in [0.3, 0.4) is 0 Å². The first-order valence-electron chi connectivity index (χ1n) is 11.3. The maximum Gasteiger partial charge on any atom is 0.247 e. The lowest BCUT2D eigenvalue weighted by molar-refractivity contribution is -0.111. The standard InChI is InChI=1S/C27H25FN6O/c1-3-24(35)31-21-6-4-5-17(13-21)25-23(28)12-7-18-14-29-27(33-26(18)25)32-20-10-8-19(9-11-20)30-22-15-34(2)16-22/h3-14,22,30H,1,15-16H2,2H3,(H,31,35)(H,29,32,33). The summed E-state index contributed by atoms with van der Waals surface area (Å²) in [6.45, 7) is 5.53. The molecule has 4 aromatic rings. The van der Waals surface area contributed by atoms with Gasteiger partial charge in [-0.1, -0.05) is 18.7 Å². The molecule has 0 bridgehead atoms. The topological polar surface area (TPSA) is 82.2 Å². The number of hydrogen-bond acceptors (Lipinski definition) is 6. The van der Waals surface area contributed by atoms with Gasteiger partial charge in [-0.05, 0) is 67.2 Å². The van der Waals surface area contributed by atoms with Crippen LogP contribution in [0.2, 0.25) is 0 Å².